The van der Waals surface area contributed by atoms with Crippen LogP contribution < -0.4 is 16.0 Å². The van der Waals surface area contributed by atoms with Crippen LogP contribution in [0, 0.1) is 0 Å². The number of carbonyl (C=O) groups excluding carboxylic acids is 2. The van der Waals surface area contributed by atoms with E-state index in [0.717, 1.165) is 32.3 Å². The van der Waals surface area contributed by atoms with Crippen LogP contribution in [0.15, 0.2) is 24.3 Å². The fourth-order valence-corrected chi connectivity index (χ4v) is 2.39. The van der Waals surface area contributed by atoms with Gasteiger partial charge in [0.1, 0.15) is 0 Å². The Hall–Kier alpha value is -2.08. The van der Waals surface area contributed by atoms with Crippen LogP contribution in [0.3, 0.4) is 0 Å². The van der Waals surface area contributed by atoms with Crippen molar-refractivity contribution in [2.75, 3.05) is 18.5 Å². The van der Waals surface area contributed by atoms with Gasteiger partial charge in [0.25, 0.3) is 5.91 Å². The Labute approximate surface area is 129 Å². The van der Waals surface area contributed by atoms with Crippen molar-refractivity contribution in [1.29, 1.82) is 0 Å². The van der Waals surface area contributed by atoms with Gasteiger partial charge in [-0.15, -0.1) is 0 Å². The topological polar surface area (TPSA) is 79.5 Å². The molecule has 1 aliphatic carbocycles. The Morgan fingerprint density at radius 2 is 1.91 bits per heavy atom. The standard InChI is InChI=1S/C16H21N3O3/c20-15(18-12-7-8-12)11-3-5-13(6-4-11)19-16(21)17-10-14-2-1-9-22-14/h3-6,12,14H,1-2,7-10H2,(H,18,20)(H2,17,19,21). The van der Waals surface area contributed by atoms with Crippen molar-refractivity contribution in [1.82, 2.24) is 10.6 Å². The van der Waals surface area contributed by atoms with E-state index in [4.69, 9.17) is 4.74 Å². The summed E-state index contributed by atoms with van der Waals surface area (Å²) < 4.78 is 5.45. The highest BCUT2D eigenvalue weighted by atomic mass is 16.5. The summed E-state index contributed by atoms with van der Waals surface area (Å²) in [5.41, 5.74) is 1.27. The maximum atomic E-state index is 11.9. The lowest BCUT2D eigenvalue weighted by molar-refractivity contribution is 0.0951. The molecule has 0 radical (unpaired) electrons. The molecule has 3 N–H and O–H groups in total. The Balaban J connectivity index is 1.45. The van der Waals surface area contributed by atoms with Gasteiger partial charge >= 0.3 is 6.03 Å². The van der Waals surface area contributed by atoms with E-state index >= 15 is 0 Å². The SMILES string of the molecule is O=C(NCC1CCCO1)Nc1ccc(C(=O)NC2CC2)cc1. The normalized spacial score (nSPS) is 20.5. The molecule has 6 nitrogen and oxygen atoms in total. The van der Waals surface area contributed by atoms with E-state index in [0.29, 0.717) is 23.8 Å². The second-order valence-electron chi connectivity index (χ2n) is 5.80. The molecule has 3 rings (SSSR count). The molecule has 0 spiro atoms. The van der Waals surface area contributed by atoms with Crippen LogP contribution in [-0.4, -0.2) is 37.2 Å². The summed E-state index contributed by atoms with van der Waals surface area (Å²) in [6, 6.07) is 6.97. The van der Waals surface area contributed by atoms with Crippen LogP contribution >= 0.6 is 0 Å². The van der Waals surface area contributed by atoms with Crippen molar-refractivity contribution in [3.63, 3.8) is 0 Å². The first-order chi connectivity index (χ1) is 10.7. The Morgan fingerprint density at radius 3 is 2.55 bits per heavy atom. The second-order valence-corrected chi connectivity index (χ2v) is 5.80. The third-order valence-corrected chi connectivity index (χ3v) is 3.83. The highest BCUT2D eigenvalue weighted by Gasteiger charge is 2.23. The fourth-order valence-electron chi connectivity index (χ4n) is 2.39. The molecule has 1 heterocycles. The third kappa shape index (κ3) is 4.21. The Morgan fingerprint density at radius 1 is 1.14 bits per heavy atom. The van der Waals surface area contributed by atoms with Gasteiger partial charge in [0.2, 0.25) is 0 Å². The molecule has 1 aliphatic heterocycles. The smallest absolute Gasteiger partial charge is 0.319 e. The number of carbonyl (C=O) groups is 2. The van der Waals surface area contributed by atoms with Gasteiger partial charge in [-0.1, -0.05) is 0 Å². The van der Waals surface area contributed by atoms with E-state index in [1.807, 2.05) is 0 Å². The first kappa shape index (κ1) is 14.8. The van der Waals surface area contributed by atoms with Crippen LogP contribution in [0.5, 0.6) is 0 Å². The monoisotopic (exact) mass is 303 g/mol. The zero-order chi connectivity index (χ0) is 15.4. The second kappa shape index (κ2) is 6.79. The maximum absolute atomic E-state index is 11.9. The van der Waals surface area contributed by atoms with E-state index in [2.05, 4.69) is 16.0 Å². The van der Waals surface area contributed by atoms with Crippen LogP contribution in [0.1, 0.15) is 36.0 Å². The molecule has 1 unspecified atom stereocenters. The summed E-state index contributed by atoms with van der Waals surface area (Å²) in [4.78, 5) is 23.6. The van der Waals surface area contributed by atoms with Crippen LogP contribution in [0.4, 0.5) is 10.5 Å². The molecule has 2 fully saturated rings. The predicted octanol–water partition coefficient (Wildman–Crippen LogP) is 1.88. The van der Waals surface area contributed by atoms with E-state index in [9.17, 15) is 9.59 Å². The summed E-state index contributed by atoms with van der Waals surface area (Å²) in [6.07, 6.45) is 4.30. The predicted molar refractivity (Wildman–Crippen MR) is 82.9 cm³/mol. The molecule has 2 aliphatic rings. The number of ether oxygens (including phenoxy) is 1. The summed E-state index contributed by atoms with van der Waals surface area (Å²) in [6.45, 7) is 1.30. The number of hydrogen-bond acceptors (Lipinski definition) is 3. The average Bonchev–Trinajstić information content (AvgIpc) is 3.17. The van der Waals surface area contributed by atoms with Gasteiger partial charge in [0.05, 0.1) is 6.10 Å². The number of anilines is 1. The lowest BCUT2D eigenvalue weighted by atomic mass is 10.2. The maximum Gasteiger partial charge on any atom is 0.319 e. The fraction of sp³-hybridized carbons (Fsp3) is 0.500. The van der Waals surface area contributed by atoms with E-state index in [1.54, 1.807) is 24.3 Å². The largest absolute Gasteiger partial charge is 0.376 e. The third-order valence-electron chi connectivity index (χ3n) is 3.83. The molecule has 1 atom stereocenters. The molecule has 1 saturated heterocycles. The molecule has 118 valence electrons. The molecular formula is C16H21N3O3. The Kier molecular flexibility index (Phi) is 4.58. The minimum absolute atomic E-state index is 0.0584. The molecular weight excluding hydrogens is 282 g/mol. The van der Waals surface area contributed by atoms with Crippen molar-refractivity contribution >= 4 is 17.6 Å². The lowest BCUT2D eigenvalue weighted by Gasteiger charge is -2.12. The first-order valence-corrected chi connectivity index (χ1v) is 7.78. The first-order valence-electron chi connectivity index (χ1n) is 7.78. The number of amides is 3. The zero-order valence-corrected chi connectivity index (χ0v) is 12.4. The molecule has 1 aromatic carbocycles. The summed E-state index contributed by atoms with van der Waals surface area (Å²) in [5, 5.41) is 8.47. The molecule has 3 amide bonds. The zero-order valence-electron chi connectivity index (χ0n) is 12.4. The van der Waals surface area contributed by atoms with Crippen LogP contribution in [0.2, 0.25) is 0 Å². The summed E-state index contributed by atoms with van der Waals surface area (Å²) >= 11 is 0. The average molecular weight is 303 g/mol. The van der Waals surface area contributed by atoms with E-state index < -0.39 is 0 Å². The van der Waals surface area contributed by atoms with Gasteiger partial charge in [0, 0.05) is 30.4 Å². The van der Waals surface area contributed by atoms with Crippen molar-refractivity contribution < 1.29 is 14.3 Å². The molecule has 0 aromatic heterocycles. The van der Waals surface area contributed by atoms with Gasteiger partial charge in [0.15, 0.2) is 0 Å². The molecule has 6 heteroatoms. The number of benzene rings is 1. The van der Waals surface area contributed by atoms with Gasteiger partial charge < -0.3 is 20.7 Å². The van der Waals surface area contributed by atoms with Gasteiger partial charge in [-0.2, -0.15) is 0 Å². The number of rotatable bonds is 5. The summed E-state index contributed by atoms with van der Waals surface area (Å²) in [5.74, 6) is -0.0584. The number of hydrogen-bond donors (Lipinski definition) is 3. The van der Waals surface area contributed by atoms with Crippen LogP contribution in [-0.2, 0) is 4.74 Å². The highest BCUT2D eigenvalue weighted by molar-refractivity contribution is 5.95. The molecule has 1 aromatic rings. The minimum Gasteiger partial charge on any atom is -0.376 e. The van der Waals surface area contributed by atoms with E-state index in [1.165, 1.54) is 0 Å². The molecule has 22 heavy (non-hydrogen) atoms. The van der Waals surface area contributed by atoms with Gasteiger partial charge in [-0.3, -0.25) is 4.79 Å². The molecule has 0 bridgehead atoms. The molecule has 1 saturated carbocycles. The van der Waals surface area contributed by atoms with Crippen molar-refractivity contribution in [3.8, 4) is 0 Å². The minimum atomic E-state index is -0.259. The summed E-state index contributed by atoms with van der Waals surface area (Å²) in [7, 11) is 0. The Bertz CT molecular complexity index is 534. The quantitative estimate of drug-likeness (QED) is 0.777. The van der Waals surface area contributed by atoms with Crippen molar-refractivity contribution in [3.05, 3.63) is 29.8 Å². The number of nitrogens with one attached hydrogen (secondary N) is 3. The van der Waals surface area contributed by atoms with Crippen LogP contribution in [0.25, 0.3) is 0 Å². The van der Waals surface area contributed by atoms with Gasteiger partial charge in [-0.25, -0.2) is 4.79 Å². The van der Waals surface area contributed by atoms with Gasteiger partial charge in [-0.05, 0) is 49.9 Å². The highest BCUT2D eigenvalue weighted by Crippen LogP contribution is 2.19. The van der Waals surface area contributed by atoms with Crippen molar-refractivity contribution in [2.24, 2.45) is 0 Å². The lowest BCUT2D eigenvalue weighted by Crippen LogP contribution is -2.35. The number of urea groups is 1. The van der Waals surface area contributed by atoms with E-state index in [-0.39, 0.29) is 18.0 Å². The van der Waals surface area contributed by atoms with Crippen molar-refractivity contribution in [2.45, 2.75) is 37.8 Å².